The molecule has 0 saturated carbocycles. The molecule has 1 aliphatic heterocycles. The number of carboxylic acid groups (broad SMARTS) is 1. The molecule has 14 heavy (non-hydrogen) atoms. The summed E-state index contributed by atoms with van der Waals surface area (Å²) in [7, 11) is 1.97. The number of H-pyrrole nitrogens is 1. The van der Waals surface area contributed by atoms with E-state index in [4.69, 9.17) is 5.11 Å². The fourth-order valence-electron chi connectivity index (χ4n) is 1.88. The van der Waals surface area contributed by atoms with E-state index in [1.54, 1.807) is 0 Å². The van der Waals surface area contributed by atoms with Crippen molar-refractivity contribution in [3.8, 4) is 0 Å². The molecule has 1 aliphatic rings. The van der Waals surface area contributed by atoms with E-state index in [-0.39, 0.29) is 11.7 Å². The van der Waals surface area contributed by atoms with Crippen LogP contribution >= 0.6 is 0 Å². The van der Waals surface area contributed by atoms with E-state index in [1.807, 2.05) is 7.05 Å². The van der Waals surface area contributed by atoms with Gasteiger partial charge in [0, 0.05) is 0 Å². The monoisotopic (exact) mass is 196 g/mol. The molecule has 2 N–H and O–H groups in total. The number of hydrogen-bond donors (Lipinski definition) is 2. The van der Waals surface area contributed by atoms with Crippen LogP contribution in [-0.2, 0) is 0 Å². The number of likely N-dealkylation sites (tertiary alicyclic amines) is 1. The minimum absolute atomic E-state index is 0.0451. The molecule has 1 aromatic heterocycles. The summed E-state index contributed by atoms with van der Waals surface area (Å²) in [6, 6.07) is 0.0971. The van der Waals surface area contributed by atoms with Crippen LogP contribution in [-0.4, -0.2) is 45.0 Å². The lowest BCUT2D eigenvalue weighted by Gasteiger charge is -2.16. The second-order valence-electron chi connectivity index (χ2n) is 3.50. The Labute approximate surface area is 80.9 Å². The van der Waals surface area contributed by atoms with Crippen LogP contribution in [0, 0.1) is 0 Å². The number of nitrogens with zero attached hydrogens (tertiary/aromatic N) is 3. The molecule has 6 heteroatoms. The van der Waals surface area contributed by atoms with Crippen molar-refractivity contribution in [1.82, 2.24) is 20.3 Å². The number of rotatable bonds is 2. The van der Waals surface area contributed by atoms with Crippen molar-refractivity contribution in [2.24, 2.45) is 0 Å². The predicted octanol–water partition coefficient (Wildman–Crippen LogP) is 0.270. The average molecular weight is 196 g/mol. The molecule has 2 rings (SSSR count). The Morgan fingerprint density at radius 2 is 2.43 bits per heavy atom. The van der Waals surface area contributed by atoms with Crippen molar-refractivity contribution in [3.05, 3.63) is 11.4 Å². The van der Waals surface area contributed by atoms with Crippen LogP contribution in [0.1, 0.15) is 35.1 Å². The summed E-state index contributed by atoms with van der Waals surface area (Å²) in [5.74, 6) is -1.02. The van der Waals surface area contributed by atoms with Gasteiger partial charge in [-0.1, -0.05) is 0 Å². The summed E-state index contributed by atoms with van der Waals surface area (Å²) in [4.78, 5) is 12.9. The third-order valence-corrected chi connectivity index (χ3v) is 2.61. The van der Waals surface area contributed by atoms with Crippen molar-refractivity contribution in [1.29, 1.82) is 0 Å². The van der Waals surface area contributed by atoms with Crippen LogP contribution in [0.5, 0.6) is 0 Å². The molecule has 0 bridgehead atoms. The Hall–Kier alpha value is -1.43. The maximum Gasteiger partial charge on any atom is 0.358 e. The van der Waals surface area contributed by atoms with E-state index in [0.717, 1.165) is 19.4 Å². The van der Waals surface area contributed by atoms with Gasteiger partial charge < -0.3 is 5.11 Å². The number of nitrogens with one attached hydrogen (secondary N) is 1. The Morgan fingerprint density at radius 3 is 3.00 bits per heavy atom. The Balaban J connectivity index is 2.31. The van der Waals surface area contributed by atoms with Crippen LogP contribution in [0.3, 0.4) is 0 Å². The van der Waals surface area contributed by atoms with Crippen LogP contribution in [0.15, 0.2) is 0 Å². The van der Waals surface area contributed by atoms with Crippen molar-refractivity contribution in [3.63, 3.8) is 0 Å². The number of aromatic amines is 1. The smallest absolute Gasteiger partial charge is 0.358 e. The minimum Gasteiger partial charge on any atom is -0.476 e. The summed E-state index contributed by atoms with van der Waals surface area (Å²) in [5.41, 5.74) is 0.598. The summed E-state index contributed by atoms with van der Waals surface area (Å²) in [6.45, 7) is 0.983. The highest BCUT2D eigenvalue weighted by atomic mass is 16.4. The molecule has 0 amide bonds. The Morgan fingerprint density at radius 1 is 1.64 bits per heavy atom. The van der Waals surface area contributed by atoms with Crippen LogP contribution < -0.4 is 0 Å². The molecule has 1 atom stereocenters. The van der Waals surface area contributed by atoms with Crippen LogP contribution in [0.4, 0.5) is 0 Å². The average Bonchev–Trinajstić information content (AvgIpc) is 2.70. The van der Waals surface area contributed by atoms with Gasteiger partial charge >= 0.3 is 5.97 Å². The van der Waals surface area contributed by atoms with E-state index in [1.165, 1.54) is 0 Å². The zero-order valence-electron chi connectivity index (χ0n) is 7.90. The van der Waals surface area contributed by atoms with E-state index in [0.29, 0.717) is 5.69 Å². The summed E-state index contributed by atoms with van der Waals surface area (Å²) < 4.78 is 0. The van der Waals surface area contributed by atoms with Gasteiger partial charge in [-0.15, -0.1) is 5.10 Å². The highest BCUT2D eigenvalue weighted by Crippen LogP contribution is 2.29. The first-order chi connectivity index (χ1) is 6.70. The van der Waals surface area contributed by atoms with Gasteiger partial charge in [-0.2, -0.15) is 10.3 Å². The maximum absolute atomic E-state index is 10.8. The van der Waals surface area contributed by atoms with Crippen LogP contribution in [0.25, 0.3) is 0 Å². The second-order valence-corrected chi connectivity index (χ2v) is 3.50. The molecule has 76 valence electrons. The van der Waals surface area contributed by atoms with Gasteiger partial charge in [0.05, 0.1) is 6.04 Å². The number of carboxylic acids is 1. The van der Waals surface area contributed by atoms with E-state index >= 15 is 0 Å². The van der Waals surface area contributed by atoms with Gasteiger partial charge in [0.2, 0.25) is 0 Å². The summed E-state index contributed by atoms with van der Waals surface area (Å²) in [5, 5.41) is 18.8. The first kappa shape index (κ1) is 9.14. The first-order valence-electron chi connectivity index (χ1n) is 4.54. The lowest BCUT2D eigenvalue weighted by atomic mass is 10.1. The molecule has 0 radical (unpaired) electrons. The molecule has 2 heterocycles. The molecule has 1 fully saturated rings. The Kier molecular flexibility index (Phi) is 2.20. The largest absolute Gasteiger partial charge is 0.476 e. The van der Waals surface area contributed by atoms with Gasteiger partial charge in [-0.25, -0.2) is 4.79 Å². The predicted molar refractivity (Wildman–Crippen MR) is 47.9 cm³/mol. The topological polar surface area (TPSA) is 82.1 Å². The number of carbonyl (C=O) groups is 1. The third-order valence-electron chi connectivity index (χ3n) is 2.61. The molecular formula is C8H12N4O2. The number of aromatic carboxylic acids is 1. The highest BCUT2D eigenvalue weighted by molar-refractivity contribution is 5.86. The SMILES string of the molecule is CN1CCCC1c1n[nH]nc1C(=O)O. The quantitative estimate of drug-likeness (QED) is 0.709. The molecule has 6 nitrogen and oxygen atoms in total. The standard InChI is InChI=1S/C8H12N4O2/c1-12-4-2-3-5(12)6-7(8(13)14)10-11-9-6/h5H,2-4H2,1H3,(H,13,14)(H,9,10,11). The highest BCUT2D eigenvalue weighted by Gasteiger charge is 2.29. The molecule has 1 saturated heterocycles. The van der Waals surface area contributed by atoms with E-state index in [2.05, 4.69) is 20.3 Å². The zero-order valence-corrected chi connectivity index (χ0v) is 7.90. The van der Waals surface area contributed by atoms with Crippen LogP contribution in [0.2, 0.25) is 0 Å². The van der Waals surface area contributed by atoms with E-state index < -0.39 is 5.97 Å². The van der Waals surface area contributed by atoms with Gasteiger partial charge in [0.15, 0.2) is 5.69 Å². The summed E-state index contributed by atoms with van der Waals surface area (Å²) >= 11 is 0. The van der Waals surface area contributed by atoms with Gasteiger partial charge in [-0.3, -0.25) is 4.90 Å². The molecule has 0 spiro atoms. The van der Waals surface area contributed by atoms with Gasteiger partial charge in [0.25, 0.3) is 0 Å². The lowest BCUT2D eigenvalue weighted by molar-refractivity contribution is 0.0687. The van der Waals surface area contributed by atoms with Gasteiger partial charge in [0.1, 0.15) is 5.69 Å². The minimum atomic E-state index is -1.02. The fraction of sp³-hybridized carbons (Fsp3) is 0.625. The van der Waals surface area contributed by atoms with Crippen molar-refractivity contribution < 1.29 is 9.90 Å². The third kappa shape index (κ3) is 1.37. The molecule has 0 aliphatic carbocycles. The maximum atomic E-state index is 10.8. The first-order valence-corrected chi connectivity index (χ1v) is 4.54. The second kappa shape index (κ2) is 3.38. The van der Waals surface area contributed by atoms with Crippen molar-refractivity contribution in [2.45, 2.75) is 18.9 Å². The van der Waals surface area contributed by atoms with Gasteiger partial charge in [-0.05, 0) is 26.4 Å². The molecule has 1 unspecified atom stereocenters. The molecular weight excluding hydrogens is 184 g/mol. The lowest BCUT2D eigenvalue weighted by Crippen LogP contribution is -2.20. The summed E-state index contributed by atoms with van der Waals surface area (Å²) in [6.07, 6.45) is 2.02. The zero-order chi connectivity index (χ0) is 10.1. The van der Waals surface area contributed by atoms with Crippen molar-refractivity contribution >= 4 is 5.97 Å². The normalized spacial score (nSPS) is 22.8. The molecule has 0 aromatic carbocycles. The number of hydrogen-bond acceptors (Lipinski definition) is 4. The molecule has 1 aromatic rings. The van der Waals surface area contributed by atoms with E-state index in [9.17, 15) is 4.79 Å². The van der Waals surface area contributed by atoms with Crippen molar-refractivity contribution in [2.75, 3.05) is 13.6 Å². The number of aromatic nitrogens is 3. The Bertz CT molecular complexity index is 349. The fourth-order valence-corrected chi connectivity index (χ4v) is 1.88.